The number of hydrogen-bond acceptors (Lipinski definition) is 1. The molecule has 0 spiro atoms. The van der Waals surface area contributed by atoms with Gasteiger partial charge in [0.15, 0.2) is 0 Å². The summed E-state index contributed by atoms with van der Waals surface area (Å²) in [4.78, 5) is 0. The molecule has 1 nitrogen and oxygen atoms in total. The topological polar surface area (TPSA) is 13.1 Å². The van der Waals surface area contributed by atoms with Crippen LogP contribution in [0.3, 0.4) is 0 Å². The maximum Gasteiger partial charge on any atom is 0.143 e. The van der Waals surface area contributed by atoms with Crippen LogP contribution in [0.1, 0.15) is 0 Å². The SMILES string of the molecule is c1ccc2cc(-c3cc(-c4ccc5ccc6cccc7ccc4c5c67)cc4c3oc3ccc5ccccc5c34)ccc2c1. The molecule has 0 amide bonds. The lowest BCUT2D eigenvalue weighted by molar-refractivity contribution is 0.670. The van der Waals surface area contributed by atoms with Crippen LogP contribution in [0.4, 0.5) is 0 Å². The average Bonchev–Trinajstić information content (AvgIpc) is 3.46. The summed E-state index contributed by atoms with van der Waals surface area (Å²) < 4.78 is 6.73. The lowest BCUT2D eigenvalue weighted by Crippen LogP contribution is -1.89. The second-order valence-electron chi connectivity index (χ2n) is 11.7. The van der Waals surface area contributed by atoms with Gasteiger partial charge in [-0.05, 0) is 94.8 Å². The van der Waals surface area contributed by atoms with Crippen LogP contribution in [-0.4, -0.2) is 0 Å². The third kappa shape index (κ3) is 3.22. The summed E-state index contributed by atoms with van der Waals surface area (Å²) in [5, 5.41) is 15.0. The van der Waals surface area contributed by atoms with Crippen molar-refractivity contribution in [1.82, 2.24) is 0 Å². The smallest absolute Gasteiger partial charge is 0.143 e. The highest BCUT2D eigenvalue weighted by atomic mass is 16.3. The molecular formula is C42H24O. The van der Waals surface area contributed by atoms with E-state index in [9.17, 15) is 0 Å². The van der Waals surface area contributed by atoms with Crippen LogP contribution >= 0.6 is 0 Å². The molecular weight excluding hydrogens is 520 g/mol. The second-order valence-corrected chi connectivity index (χ2v) is 11.7. The van der Waals surface area contributed by atoms with Gasteiger partial charge in [-0.2, -0.15) is 0 Å². The zero-order valence-electron chi connectivity index (χ0n) is 23.3. The Morgan fingerprint density at radius 2 is 1.00 bits per heavy atom. The van der Waals surface area contributed by atoms with Crippen molar-refractivity contribution in [2.45, 2.75) is 0 Å². The van der Waals surface area contributed by atoms with Gasteiger partial charge in [-0.1, -0.05) is 121 Å². The standard InChI is InChI=1S/C42H24O/c1-2-8-30-22-31(15-12-25(30)6-1)36-23-32(24-37-41-34-11-4-3-7-26(34)18-21-38(41)43-42(36)37)33-19-16-29-14-13-27-9-5-10-28-17-20-35(33)40(29)39(27)28/h1-24H. The fourth-order valence-corrected chi connectivity index (χ4v) is 7.36. The number of furan rings is 1. The minimum absolute atomic E-state index is 0.920. The maximum atomic E-state index is 6.73. The van der Waals surface area contributed by atoms with Gasteiger partial charge in [0.25, 0.3) is 0 Å². The van der Waals surface area contributed by atoms with Crippen molar-refractivity contribution in [3.8, 4) is 22.3 Å². The van der Waals surface area contributed by atoms with Crippen molar-refractivity contribution >= 4 is 75.8 Å². The number of fused-ring (bicyclic) bond motifs is 6. The first kappa shape index (κ1) is 23.0. The highest BCUT2D eigenvalue weighted by Crippen LogP contribution is 2.45. The van der Waals surface area contributed by atoms with Gasteiger partial charge in [0.05, 0.1) is 0 Å². The molecule has 0 aliphatic carbocycles. The Balaban J connectivity index is 1.35. The molecule has 0 fully saturated rings. The monoisotopic (exact) mass is 544 g/mol. The highest BCUT2D eigenvalue weighted by molar-refractivity contribution is 6.26. The van der Waals surface area contributed by atoms with E-state index in [-0.39, 0.29) is 0 Å². The van der Waals surface area contributed by atoms with Gasteiger partial charge in [-0.15, -0.1) is 0 Å². The maximum absolute atomic E-state index is 6.73. The molecule has 198 valence electrons. The summed E-state index contributed by atoms with van der Waals surface area (Å²) in [6.07, 6.45) is 0. The second kappa shape index (κ2) is 8.44. The van der Waals surface area contributed by atoms with E-state index in [4.69, 9.17) is 4.42 Å². The summed E-state index contributed by atoms with van der Waals surface area (Å²) in [5.74, 6) is 0. The summed E-state index contributed by atoms with van der Waals surface area (Å²) in [6.45, 7) is 0. The quantitative estimate of drug-likeness (QED) is 0.197. The van der Waals surface area contributed by atoms with E-state index in [0.29, 0.717) is 0 Å². The molecule has 1 heterocycles. The summed E-state index contributed by atoms with van der Waals surface area (Å²) in [7, 11) is 0. The molecule has 0 N–H and O–H groups in total. The fraction of sp³-hybridized carbons (Fsp3) is 0. The Bertz CT molecular complexity index is 2710. The first-order chi connectivity index (χ1) is 21.3. The van der Waals surface area contributed by atoms with Gasteiger partial charge < -0.3 is 4.42 Å². The van der Waals surface area contributed by atoms with Crippen LogP contribution in [0.5, 0.6) is 0 Å². The zero-order valence-corrected chi connectivity index (χ0v) is 23.3. The van der Waals surface area contributed by atoms with Gasteiger partial charge in [0.2, 0.25) is 0 Å². The van der Waals surface area contributed by atoms with E-state index in [1.165, 1.54) is 70.4 Å². The van der Waals surface area contributed by atoms with Crippen LogP contribution in [0.15, 0.2) is 150 Å². The van der Waals surface area contributed by atoms with Crippen molar-refractivity contribution in [2.75, 3.05) is 0 Å². The van der Waals surface area contributed by atoms with Crippen molar-refractivity contribution in [3.05, 3.63) is 146 Å². The Labute approximate surface area is 247 Å². The Hall–Kier alpha value is -5.66. The first-order valence-electron chi connectivity index (χ1n) is 14.8. The molecule has 0 bridgehead atoms. The largest absolute Gasteiger partial charge is 0.455 e. The zero-order chi connectivity index (χ0) is 28.1. The Kier molecular flexibility index (Phi) is 4.51. The van der Waals surface area contributed by atoms with Crippen LogP contribution in [0.25, 0.3) is 98.1 Å². The first-order valence-corrected chi connectivity index (χ1v) is 14.8. The molecule has 0 saturated heterocycles. The molecule has 0 aliphatic heterocycles. The van der Waals surface area contributed by atoms with Crippen molar-refractivity contribution in [3.63, 3.8) is 0 Å². The van der Waals surface area contributed by atoms with E-state index >= 15 is 0 Å². The van der Waals surface area contributed by atoms with Gasteiger partial charge in [-0.3, -0.25) is 0 Å². The van der Waals surface area contributed by atoms with Gasteiger partial charge in [0.1, 0.15) is 11.2 Å². The molecule has 10 rings (SSSR count). The van der Waals surface area contributed by atoms with Gasteiger partial charge in [-0.25, -0.2) is 0 Å². The molecule has 0 radical (unpaired) electrons. The van der Waals surface area contributed by atoms with E-state index in [0.717, 1.165) is 27.7 Å². The van der Waals surface area contributed by atoms with Crippen LogP contribution in [-0.2, 0) is 0 Å². The minimum Gasteiger partial charge on any atom is -0.455 e. The fourth-order valence-electron chi connectivity index (χ4n) is 7.36. The number of benzene rings is 9. The van der Waals surface area contributed by atoms with Crippen LogP contribution in [0, 0.1) is 0 Å². The van der Waals surface area contributed by atoms with E-state index in [1.54, 1.807) is 0 Å². The molecule has 1 heteroatoms. The summed E-state index contributed by atoms with van der Waals surface area (Å²) in [5.41, 5.74) is 6.57. The third-order valence-electron chi connectivity index (χ3n) is 9.36. The molecule has 1 aromatic heterocycles. The summed E-state index contributed by atoms with van der Waals surface area (Å²) in [6, 6.07) is 53.2. The lowest BCUT2D eigenvalue weighted by atomic mass is 9.88. The Morgan fingerprint density at radius 1 is 0.326 bits per heavy atom. The van der Waals surface area contributed by atoms with Crippen molar-refractivity contribution in [2.24, 2.45) is 0 Å². The van der Waals surface area contributed by atoms with E-state index < -0.39 is 0 Å². The van der Waals surface area contributed by atoms with Gasteiger partial charge >= 0.3 is 0 Å². The van der Waals surface area contributed by atoms with Crippen molar-refractivity contribution < 1.29 is 4.42 Å². The molecule has 9 aromatic carbocycles. The van der Waals surface area contributed by atoms with Crippen LogP contribution in [0.2, 0.25) is 0 Å². The summed E-state index contributed by atoms with van der Waals surface area (Å²) >= 11 is 0. The normalized spacial score (nSPS) is 12.2. The van der Waals surface area contributed by atoms with Crippen LogP contribution < -0.4 is 0 Å². The van der Waals surface area contributed by atoms with Gasteiger partial charge in [0, 0.05) is 16.3 Å². The minimum atomic E-state index is 0.920. The van der Waals surface area contributed by atoms with E-state index in [1.807, 2.05) is 0 Å². The molecule has 0 aliphatic rings. The molecule has 43 heavy (non-hydrogen) atoms. The highest BCUT2D eigenvalue weighted by Gasteiger charge is 2.19. The molecule has 10 aromatic rings. The van der Waals surface area contributed by atoms with E-state index in [2.05, 4.69) is 146 Å². The number of hydrogen-bond donors (Lipinski definition) is 0. The third-order valence-corrected chi connectivity index (χ3v) is 9.36. The molecule has 0 unspecified atom stereocenters. The molecule has 0 atom stereocenters. The predicted octanol–water partition coefficient (Wildman–Crippen LogP) is 12.1. The Morgan fingerprint density at radius 3 is 1.88 bits per heavy atom. The lowest BCUT2D eigenvalue weighted by Gasteiger charge is -2.15. The average molecular weight is 545 g/mol. The number of rotatable bonds is 2. The predicted molar refractivity (Wildman–Crippen MR) is 183 cm³/mol. The van der Waals surface area contributed by atoms with Crippen molar-refractivity contribution in [1.29, 1.82) is 0 Å². The molecule has 0 saturated carbocycles.